The number of unbranched alkanes of at least 4 members (excludes halogenated alkanes) is 1. The van der Waals surface area contributed by atoms with E-state index < -0.39 is 0 Å². The van der Waals surface area contributed by atoms with E-state index in [-0.39, 0.29) is 0 Å². The van der Waals surface area contributed by atoms with E-state index in [2.05, 4.69) is 35.6 Å². The second-order valence-electron chi connectivity index (χ2n) is 1.66. The van der Waals surface area contributed by atoms with Crippen molar-refractivity contribution in [2.75, 3.05) is 6.61 Å². The van der Waals surface area contributed by atoms with E-state index >= 15 is 0 Å². The van der Waals surface area contributed by atoms with E-state index in [0.717, 1.165) is 12.8 Å². The molecule has 0 spiro atoms. The Morgan fingerprint density at radius 2 is 2.38 bits per heavy atom. The van der Waals surface area contributed by atoms with Crippen molar-refractivity contribution in [3.8, 4) is 0 Å². The first-order valence-electron chi connectivity index (χ1n) is 2.70. The van der Waals surface area contributed by atoms with Crippen molar-refractivity contribution in [2.45, 2.75) is 19.8 Å². The van der Waals surface area contributed by atoms with Gasteiger partial charge in [-0.3, -0.25) is 0 Å². The Morgan fingerprint density at radius 1 is 1.75 bits per heavy atom. The van der Waals surface area contributed by atoms with Gasteiger partial charge in [-0.25, -0.2) is 0 Å². The molecule has 0 aromatic heterocycles. The minimum Gasteiger partial charge on any atom is -0.396 e. The van der Waals surface area contributed by atoms with Crippen LogP contribution in [0.25, 0.3) is 0 Å². The maximum atomic E-state index is 8.35. The summed E-state index contributed by atoms with van der Waals surface area (Å²) >= 11 is 2.26. The van der Waals surface area contributed by atoms with Crippen LogP contribution < -0.4 is 0 Å². The summed E-state index contributed by atoms with van der Waals surface area (Å²) in [6.45, 7) is 2.36. The molecule has 0 aliphatic carbocycles. The lowest BCUT2D eigenvalue weighted by Crippen LogP contribution is -1.78. The molecule has 0 atom stereocenters. The zero-order valence-electron chi connectivity index (χ0n) is 5.02. The van der Waals surface area contributed by atoms with E-state index in [0.29, 0.717) is 6.61 Å². The number of halogens is 1. The monoisotopic (exact) mass is 226 g/mol. The first kappa shape index (κ1) is 8.43. The van der Waals surface area contributed by atoms with Crippen molar-refractivity contribution >= 4 is 22.6 Å². The van der Waals surface area contributed by atoms with Crippen molar-refractivity contribution in [3.63, 3.8) is 0 Å². The lowest BCUT2D eigenvalue weighted by molar-refractivity contribution is 0.289. The molecule has 0 aliphatic rings. The molecule has 8 heavy (non-hydrogen) atoms. The van der Waals surface area contributed by atoms with Crippen LogP contribution in [0, 0.1) is 0 Å². The molecule has 0 radical (unpaired) electrons. The second kappa shape index (κ2) is 5.56. The third kappa shape index (κ3) is 6.43. The Labute approximate surface area is 63.9 Å². The zero-order chi connectivity index (χ0) is 6.41. The highest BCUT2D eigenvalue weighted by atomic mass is 127. The van der Waals surface area contributed by atoms with E-state index in [1.807, 2.05) is 0 Å². The Bertz CT molecular complexity index is 74.6. The first-order valence-corrected chi connectivity index (χ1v) is 3.78. The van der Waals surface area contributed by atoms with Gasteiger partial charge in [0.1, 0.15) is 0 Å². The Kier molecular flexibility index (Phi) is 5.86. The average Bonchev–Trinajstić information content (AvgIpc) is 1.66. The predicted octanol–water partition coefficient (Wildman–Crippen LogP) is 2.10. The molecule has 0 saturated heterocycles. The normalized spacial score (nSPS) is 12.1. The van der Waals surface area contributed by atoms with Crippen molar-refractivity contribution in [2.24, 2.45) is 0 Å². The summed E-state index contributed by atoms with van der Waals surface area (Å²) in [5.74, 6) is 0. The molecule has 0 aliphatic heterocycles. The summed E-state index contributed by atoms with van der Waals surface area (Å²) in [6.07, 6.45) is 4.02. The standard InChI is InChI=1S/C6H11IO/c1-6(7)4-2-3-5-8/h4,8H,2-3,5H2,1H3/b6-4-. The maximum absolute atomic E-state index is 8.35. The van der Waals surface area contributed by atoms with E-state index in [1.165, 1.54) is 3.58 Å². The molecule has 48 valence electrons. The predicted molar refractivity (Wildman–Crippen MR) is 44.1 cm³/mol. The van der Waals surface area contributed by atoms with Crippen LogP contribution in [0.3, 0.4) is 0 Å². The van der Waals surface area contributed by atoms with Crippen LogP contribution in [-0.4, -0.2) is 11.7 Å². The van der Waals surface area contributed by atoms with Gasteiger partial charge in [0, 0.05) is 6.61 Å². The lowest BCUT2D eigenvalue weighted by Gasteiger charge is -1.87. The van der Waals surface area contributed by atoms with Crippen LogP contribution in [0.15, 0.2) is 9.66 Å². The first-order chi connectivity index (χ1) is 3.77. The zero-order valence-corrected chi connectivity index (χ0v) is 7.18. The number of aliphatic hydroxyl groups is 1. The summed E-state index contributed by atoms with van der Waals surface area (Å²) in [5.41, 5.74) is 0. The molecule has 0 bridgehead atoms. The number of allylic oxidation sites excluding steroid dienone is 2. The van der Waals surface area contributed by atoms with Gasteiger partial charge in [-0.15, -0.1) is 0 Å². The molecule has 1 nitrogen and oxygen atoms in total. The smallest absolute Gasteiger partial charge is 0.0433 e. The maximum Gasteiger partial charge on any atom is 0.0433 e. The number of aliphatic hydroxyl groups excluding tert-OH is 1. The molecule has 0 aromatic rings. The molecule has 0 fully saturated rings. The highest BCUT2D eigenvalue weighted by Gasteiger charge is 1.79. The van der Waals surface area contributed by atoms with Crippen LogP contribution in [0.4, 0.5) is 0 Å². The third-order valence-electron chi connectivity index (χ3n) is 0.788. The minimum absolute atomic E-state index is 0.306. The summed E-state index contributed by atoms with van der Waals surface area (Å²) in [6, 6.07) is 0. The molecular weight excluding hydrogens is 215 g/mol. The fraction of sp³-hybridized carbons (Fsp3) is 0.667. The highest BCUT2D eigenvalue weighted by molar-refractivity contribution is 14.1. The van der Waals surface area contributed by atoms with Gasteiger partial charge in [0.2, 0.25) is 0 Å². The lowest BCUT2D eigenvalue weighted by atomic mass is 10.3. The van der Waals surface area contributed by atoms with Crippen LogP contribution in [-0.2, 0) is 0 Å². The molecule has 0 rings (SSSR count). The number of rotatable bonds is 3. The summed E-state index contributed by atoms with van der Waals surface area (Å²) in [4.78, 5) is 0. The van der Waals surface area contributed by atoms with Crippen LogP contribution in [0.5, 0.6) is 0 Å². The Hall–Kier alpha value is 0.430. The third-order valence-corrected chi connectivity index (χ3v) is 1.23. The second-order valence-corrected chi connectivity index (χ2v) is 3.36. The van der Waals surface area contributed by atoms with Crippen molar-refractivity contribution < 1.29 is 5.11 Å². The molecule has 0 unspecified atom stereocenters. The molecule has 0 amide bonds. The van der Waals surface area contributed by atoms with Gasteiger partial charge < -0.3 is 5.11 Å². The van der Waals surface area contributed by atoms with Crippen LogP contribution >= 0.6 is 22.6 Å². The van der Waals surface area contributed by atoms with Gasteiger partial charge in [-0.05, 0) is 45.9 Å². The van der Waals surface area contributed by atoms with Gasteiger partial charge in [0.15, 0.2) is 0 Å². The topological polar surface area (TPSA) is 20.2 Å². The van der Waals surface area contributed by atoms with Gasteiger partial charge in [-0.1, -0.05) is 6.08 Å². The fourth-order valence-electron chi connectivity index (χ4n) is 0.392. The van der Waals surface area contributed by atoms with Gasteiger partial charge in [0.05, 0.1) is 0 Å². The van der Waals surface area contributed by atoms with E-state index in [4.69, 9.17) is 5.11 Å². The largest absolute Gasteiger partial charge is 0.396 e. The van der Waals surface area contributed by atoms with Crippen LogP contribution in [0.2, 0.25) is 0 Å². The van der Waals surface area contributed by atoms with Crippen molar-refractivity contribution in [3.05, 3.63) is 9.66 Å². The Balaban J connectivity index is 3.03. The summed E-state index contributed by atoms with van der Waals surface area (Å²) < 4.78 is 1.30. The molecule has 0 aromatic carbocycles. The highest BCUT2D eigenvalue weighted by Crippen LogP contribution is 2.04. The number of hydrogen-bond donors (Lipinski definition) is 1. The van der Waals surface area contributed by atoms with Gasteiger partial charge in [-0.2, -0.15) is 0 Å². The van der Waals surface area contributed by atoms with Crippen molar-refractivity contribution in [1.29, 1.82) is 0 Å². The summed E-state index contributed by atoms with van der Waals surface area (Å²) in [5, 5.41) is 8.35. The summed E-state index contributed by atoms with van der Waals surface area (Å²) in [7, 11) is 0. The molecule has 0 saturated carbocycles. The molecule has 1 N–H and O–H groups in total. The molecular formula is C6H11IO. The van der Waals surface area contributed by atoms with Crippen molar-refractivity contribution in [1.82, 2.24) is 0 Å². The van der Waals surface area contributed by atoms with E-state index in [1.54, 1.807) is 0 Å². The van der Waals surface area contributed by atoms with Gasteiger partial charge >= 0.3 is 0 Å². The van der Waals surface area contributed by atoms with Crippen LogP contribution in [0.1, 0.15) is 19.8 Å². The number of hydrogen-bond acceptors (Lipinski definition) is 1. The SMILES string of the molecule is C/C(I)=C/CCCO. The average molecular weight is 226 g/mol. The van der Waals surface area contributed by atoms with Gasteiger partial charge in [0.25, 0.3) is 0 Å². The van der Waals surface area contributed by atoms with E-state index in [9.17, 15) is 0 Å². The quantitative estimate of drug-likeness (QED) is 0.577. The Morgan fingerprint density at radius 3 is 2.75 bits per heavy atom. The molecule has 2 heteroatoms. The molecule has 0 heterocycles. The minimum atomic E-state index is 0.306. The fourth-order valence-corrected chi connectivity index (χ4v) is 0.704.